The number of benzene rings is 2. The molecule has 1 aromatic heterocycles. The van der Waals surface area contributed by atoms with Crippen molar-refractivity contribution in [1.82, 2.24) is 9.97 Å². The highest BCUT2D eigenvalue weighted by Gasteiger charge is 2.21. The number of hydrogen-bond donors (Lipinski definition) is 1. The van der Waals surface area contributed by atoms with Crippen molar-refractivity contribution >= 4 is 11.0 Å². The number of fused-ring (bicyclic) bond motifs is 1. The fraction of sp³-hybridized carbons (Fsp3) is 0.125. The number of hydrogen-bond acceptors (Lipinski definition) is 3. The number of para-hydroxylation sites is 1. The maximum atomic E-state index is 14.0. The molecule has 0 bridgehead atoms. The summed E-state index contributed by atoms with van der Waals surface area (Å²) in [6, 6.07) is 7.88. The zero-order chi connectivity index (χ0) is 15.0. The van der Waals surface area contributed by atoms with Gasteiger partial charge in [-0.05, 0) is 18.6 Å². The Bertz CT molecular complexity index is 815. The summed E-state index contributed by atoms with van der Waals surface area (Å²) in [6.45, 7) is 1.47. The molecule has 0 amide bonds. The van der Waals surface area contributed by atoms with Gasteiger partial charge in [0.15, 0.2) is 11.6 Å². The minimum absolute atomic E-state index is 0.115. The van der Waals surface area contributed by atoms with Gasteiger partial charge in [0.25, 0.3) is 0 Å². The fourth-order valence-electron chi connectivity index (χ4n) is 2.28. The van der Waals surface area contributed by atoms with Crippen molar-refractivity contribution in [2.75, 3.05) is 0 Å². The van der Waals surface area contributed by atoms with Gasteiger partial charge in [0.1, 0.15) is 6.10 Å². The fourth-order valence-corrected chi connectivity index (χ4v) is 2.28. The first kappa shape index (κ1) is 13.6. The molecule has 0 aliphatic heterocycles. The minimum Gasteiger partial charge on any atom is -0.383 e. The molecular formula is C16H12F2N2O. The van der Waals surface area contributed by atoms with Crippen molar-refractivity contribution in [3.63, 3.8) is 0 Å². The van der Waals surface area contributed by atoms with Crippen LogP contribution in [0.25, 0.3) is 11.0 Å². The van der Waals surface area contributed by atoms with E-state index in [0.29, 0.717) is 16.6 Å². The van der Waals surface area contributed by atoms with Crippen LogP contribution in [0.4, 0.5) is 8.78 Å². The minimum atomic E-state index is -1.31. The zero-order valence-electron chi connectivity index (χ0n) is 11.2. The lowest BCUT2D eigenvalue weighted by molar-refractivity contribution is 0.214. The van der Waals surface area contributed by atoms with Crippen molar-refractivity contribution in [3.8, 4) is 0 Å². The van der Waals surface area contributed by atoms with Crippen LogP contribution in [0.5, 0.6) is 0 Å². The van der Waals surface area contributed by atoms with Crippen LogP contribution in [-0.4, -0.2) is 15.1 Å². The summed E-state index contributed by atoms with van der Waals surface area (Å²) >= 11 is 0. The molecule has 3 nitrogen and oxygen atoms in total. The summed E-state index contributed by atoms with van der Waals surface area (Å²) in [5.41, 5.74) is 1.52. The lowest BCUT2D eigenvalue weighted by Gasteiger charge is -2.15. The van der Waals surface area contributed by atoms with Crippen LogP contribution >= 0.6 is 0 Å². The number of rotatable bonds is 2. The third-order valence-electron chi connectivity index (χ3n) is 3.42. The van der Waals surface area contributed by atoms with Gasteiger partial charge >= 0.3 is 0 Å². The summed E-state index contributed by atoms with van der Waals surface area (Å²) in [5.74, 6) is -1.98. The van der Waals surface area contributed by atoms with Gasteiger partial charge in [-0.3, -0.25) is 9.97 Å². The van der Waals surface area contributed by atoms with Crippen molar-refractivity contribution in [2.24, 2.45) is 0 Å². The van der Waals surface area contributed by atoms with Crippen molar-refractivity contribution in [1.29, 1.82) is 0 Å². The van der Waals surface area contributed by atoms with E-state index in [9.17, 15) is 13.9 Å². The van der Waals surface area contributed by atoms with Gasteiger partial charge in [0.05, 0.1) is 11.0 Å². The Hall–Kier alpha value is -2.40. The number of aromatic nitrogens is 2. The van der Waals surface area contributed by atoms with E-state index < -0.39 is 17.7 Å². The predicted octanol–water partition coefficient (Wildman–Crippen LogP) is 3.30. The molecule has 1 unspecified atom stereocenters. The van der Waals surface area contributed by atoms with E-state index in [1.54, 1.807) is 18.2 Å². The SMILES string of the molecule is Cc1ccc(C(O)c2cccc3nccnc23)c(F)c1F. The topological polar surface area (TPSA) is 46.0 Å². The lowest BCUT2D eigenvalue weighted by Crippen LogP contribution is -2.06. The highest BCUT2D eigenvalue weighted by molar-refractivity contribution is 5.78. The molecule has 0 aliphatic carbocycles. The summed E-state index contributed by atoms with van der Waals surface area (Å²) < 4.78 is 27.7. The van der Waals surface area contributed by atoms with Gasteiger partial charge in [-0.2, -0.15) is 0 Å². The molecule has 1 heterocycles. The Morgan fingerprint density at radius 1 is 0.952 bits per heavy atom. The normalized spacial score (nSPS) is 12.6. The Kier molecular flexibility index (Phi) is 3.35. The standard InChI is InChI=1S/C16H12F2N2O/c1-9-5-6-10(14(18)13(9)17)16(21)11-3-2-4-12-15(11)20-8-7-19-12/h2-8,16,21H,1H3. The Morgan fingerprint density at radius 3 is 2.52 bits per heavy atom. The van der Waals surface area contributed by atoms with Crippen molar-refractivity contribution in [2.45, 2.75) is 13.0 Å². The molecule has 3 rings (SSSR count). The van der Waals surface area contributed by atoms with E-state index >= 15 is 0 Å². The van der Waals surface area contributed by atoms with Crippen LogP contribution in [-0.2, 0) is 0 Å². The molecule has 0 saturated heterocycles. The molecule has 0 fully saturated rings. The molecule has 0 radical (unpaired) electrons. The Morgan fingerprint density at radius 2 is 1.71 bits per heavy atom. The van der Waals surface area contributed by atoms with Gasteiger partial charge in [-0.1, -0.05) is 24.3 Å². The van der Waals surface area contributed by atoms with Gasteiger partial charge in [-0.25, -0.2) is 8.78 Å². The van der Waals surface area contributed by atoms with E-state index in [1.807, 2.05) is 0 Å². The first-order valence-corrected chi connectivity index (χ1v) is 6.42. The first-order valence-electron chi connectivity index (χ1n) is 6.42. The second-order valence-electron chi connectivity index (χ2n) is 4.77. The van der Waals surface area contributed by atoms with Gasteiger partial charge in [-0.15, -0.1) is 0 Å². The maximum absolute atomic E-state index is 14.0. The molecule has 0 saturated carbocycles. The van der Waals surface area contributed by atoms with E-state index in [2.05, 4.69) is 9.97 Å². The van der Waals surface area contributed by atoms with Crippen molar-refractivity contribution in [3.05, 3.63) is 71.1 Å². The Labute approximate surface area is 119 Å². The lowest BCUT2D eigenvalue weighted by atomic mass is 9.98. The second kappa shape index (κ2) is 5.18. The van der Waals surface area contributed by atoms with Crippen LogP contribution in [0.2, 0.25) is 0 Å². The first-order chi connectivity index (χ1) is 10.1. The molecule has 1 atom stereocenters. The molecule has 21 heavy (non-hydrogen) atoms. The smallest absolute Gasteiger partial charge is 0.165 e. The number of halogens is 2. The van der Waals surface area contributed by atoms with Crippen LogP contribution in [0.1, 0.15) is 22.8 Å². The molecule has 106 valence electrons. The zero-order valence-corrected chi connectivity index (χ0v) is 11.2. The van der Waals surface area contributed by atoms with Crippen LogP contribution in [0, 0.1) is 18.6 Å². The monoisotopic (exact) mass is 286 g/mol. The quantitative estimate of drug-likeness (QED) is 0.786. The summed E-state index contributed by atoms with van der Waals surface area (Å²) in [6.07, 6.45) is 1.72. The number of aliphatic hydroxyl groups excluding tert-OH is 1. The molecular weight excluding hydrogens is 274 g/mol. The average molecular weight is 286 g/mol. The van der Waals surface area contributed by atoms with Gasteiger partial charge in [0, 0.05) is 23.5 Å². The van der Waals surface area contributed by atoms with Crippen LogP contribution in [0.15, 0.2) is 42.7 Å². The molecule has 0 aliphatic rings. The van der Waals surface area contributed by atoms with Gasteiger partial charge < -0.3 is 5.11 Å². The molecule has 5 heteroatoms. The van der Waals surface area contributed by atoms with E-state index in [4.69, 9.17) is 0 Å². The maximum Gasteiger partial charge on any atom is 0.165 e. The highest BCUT2D eigenvalue weighted by atomic mass is 19.2. The number of nitrogens with zero attached hydrogens (tertiary/aromatic N) is 2. The predicted molar refractivity (Wildman–Crippen MR) is 74.7 cm³/mol. The Balaban J connectivity index is 2.17. The molecule has 1 N–H and O–H groups in total. The summed E-state index contributed by atoms with van der Waals surface area (Å²) in [7, 11) is 0. The second-order valence-corrected chi connectivity index (χ2v) is 4.77. The molecule has 3 aromatic rings. The highest BCUT2D eigenvalue weighted by Crippen LogP contribution is 2.30. The van der Waals surface area contributed by atoms with Crippen LogP contribution in [0.3, 0.4) is 0 Å². The summed E-state index contributed by atoms with van der Waals surface area (Å²) in [5, 5.41) is 10.4. The van der Waals surface area contributed by atoms with Gasteiger partial charge in [0.2, 0.25) is 0 Å². The van der Waals surface area contributed by atoms with Crippen molar-refractivity contribution < 1.29 is 13.9 Å². The van der Waals surface area contributed by atoms with E-state index in [-0.39, 0.29) is 11.1 Å². The van der Waals surface area contributed by atoms with E-state index in [0.717, 1.165) is 0 Å². The summed E-state index contributed by atoms with van der Waals surface area (Å²) in [4.78, 5) is 8.29. The third-order valence-corrected chi connectivity index (χ3v) is 3.42. The van der Waals surface area contributed by atoms with Crippen LogP contribution < -0.4 is 0 Å². The largest absolute Gasteiger partial charge is 0.383 e. The average Bonchev–Trinajstić information content (AvgIpc) is 2.51. The van der Waals surface area contributed by atoms with E-state index in [1.165, 1.54) is 31.5 Å². The number of aryl methyl sites for hydroxylation is 1. The third kappa shape index (κ3) is 2.25. The molecule has 2 aromatic carbocycles. The molecule has 0 spiro atoms. The number of aliphatic hydroxyl groups is 1.